The van der Waals surface area contributed by atoms with Gasteiger partial charge in [0.1, 0.15) is 6.29 Å². The van der Waals surface area contributed by atoms with Crippen molar-refractivity contribution in [2.75, 3.05) is 5.75 Å². The van der Waals surface area contributed by atoms with Crippen molar-refractivity contribution in [3.05, 3.63) is 35.9 Å². The molecular weight excluding hydrogens is 328 g/mol. The third-order valence-corrected chi connectivity index (χ3v) is 5.51. The molecule has 3 rings (SSSR count). The summed E-state index contributed by atoms with van der Waals surface area (Å²) in [5.74, 6) is 0.236. The molecule has 130 valence electrons. The number of carboxylic acids is 1. The monoisotopic (exact) mass is 350 g/mol. The Hall–Kier alpha value is -2.02. The molecule has 2 aliphatic heterocycles. The maximum atomic E-state index is 11.1. The van der Waals surface area contributed by atoms with Gasteiger partial charge in [-0.25, -0.2) is 4.79 Å². The van der Waals surface area contributed by atoms with E-state index in [2.05, 4.69) is 10.6 Å². The molecule has 0 aromatic heterocycles. The summed E-state index contributed by atoms with van der Waals surface area (Å²) in [6.07, 6.45) is 3.71. The van der Waals surface area contributed by atoms with Crippen molar-refractivity contribution in [2.45, 2.75) is 43.0 Å². The van der Waals surface area contributed by atoms with Gasteiger partial charge in [0.25, 0.3) is 0 Å². The largest absolute Gasteiger partial charge is 0.481 e. The zero-order valence-corrected chi connectivity index (χ0v) is 14.1. The minimum atomic E-state index is -0.729. The molecule has 0 unspecified atom stereocenters. The van der Waals surface area contributed by atoms with Gasteiger partial charge in [-0.2, -0.15) is 11.8 Å². The Bertz CT molecular complexity index is 567. The average Bonchev–Trinajstić information content (AvgIpc) is 3.12. The lowest BCUT2D eigenvalue weighted by Gasteiger charge is -2.16. The second-order valence-electron chi connectivity index (χ2n) is 5.79. The van der Waals surface area contributed by atoms with Gasteiger partial charge in [-0.05, 0) is 12.8 Å². The smallest absolute Gasteiger partial charge is 0.315 e. The number of carbonyl (C=O) groups is 3. The van der Waals surface area contributed by atoms with Gasteiger partial charge in [0.05, 0.1) is 12.1 Å². The fourth-order valence-electron chi connectivity index (χ4n) is 2.80. The van der Waals surface area contributed by atoms with Crippen LogP contribution in [0.4, 0.5) is 4.79 Å². The van der Waals surface area contributed by atoms with Crippen molar-refractivity contribution < 1.29 is 19.5 Å². The number of carboxylic acid groups (broad SMARTS) is 1. The van der Waals surface area contributed by atoms with E-state index in [0.29, 0.717) is 5.25 Å². The maximum absolute atomic E-state index is 11.1. The molecule has 1 aromatic carbocycles. The SMILES string of the molecule is O=C(O)CCCC[C@@H]1SC[C@@H]2NC(=O)N[C@@H]21.O=Cc1ccccc1. The van der Waals surface area contributed by atoms with Crippen LogP contribution in [-0.2, 0) is 4.79 Å². The van der Waals surface area contributed by atoms with E-state index < -0.39 is 5.97 Å². The molecule has 24 heavy (non-hydrogen) atoms. The van der Waals surface area contributed by atoms with Crippen molar-refractivity contribution in [3.8, 4) is 0 Å². The normalized spacial score (nSPS) is 24.2. The van der Waals surface area contributed by atoms with Crippen molar-refractivity contribution >= 4 is 30.0 Å². The number of carbonyl (C=O) groups excluding carboxylic acids is 2. The third-order valence-electron chi connectivity index (χ3n) is 4.00. The van der Waals surface area contributed by atoms with Crippen LogP contribution in [0.2, 0.25) is 0 Å². The summed E-state index contributed by atoms with van der Waals surface area (Å²) < 4.78 is 0. The van der Waals surface area contributed by atoms with Gasteiger partial charge in [-0.1, -0.05) is 36.8 Å². The van der Waals surface area contributed by atoms with Gasteiger partial charge in [0.2, 0.25) is 0 Å². The first-order chi connectivity index (χ1) is 11.6. The van der Waals surface area contributed by atoms with Crippen LogP contribution in [0.5, 0.6) is 0 Å². The number of urea groups is 1. The minimum Gasteiger partial charge on any atom is -0.481 e. The standard InChI is InChI=1S/C10H16N2O3S.C7H6O/c13-8(14)4-2-1-3-7-9-6(5-16-7)11-10(15)12-9;8-6-7-4-2-1-3-5-7/h6-7,9H,1-5H2,(H,13,14)(H2,11,12,15);1-6H/t6-,7-,9-;/m0./s1. The van der Waals surface area contributed by atoms with Crippen LogP contribution in [0, 0.1) is 0 Å². The van der Waals surface area contributed by atoms with Crippen LogP contribution in [0.15, 0.2) is 30.3 Å². The van der Waals surface area contributed by atoms with Crippen LogP contribution >= 0.6 is 11.8 Å². The number of aliphatic carboxylic acids is 1. The summed E-state index contributed by atoms with van der Waals surface area (Å²) in [6.45, 7) is 0. The van der Waals surface area contributed by atoms with Crippen molar-refractivity contribution in [2.24, 2.45) is 0 Å². The van der Waals surface area contributed by atoms with Crippen molar-refractivity contribution in [3.63, 3.8) is 0 Å². The van der Waals surface area contributed by atoms with Crippen LogP contribution < -0.4 is 10.6 Å². The van der Waals surface area contributed by atoms with Gasteiger partial charge in [-0.3, -0.25) is 9.59 Å². The molecule has 6 nitrogen and oxygen atoms in total. The molecule has 0 saturated carbocycles. The van der Waals surface area contributed by atoms with E-state index in [-0.39, 0.29) is 24.5 Å². The van der Waals surface area contributed by atoms with Gasteiger partial charge in [0, 0.05) is 23.0 Å². The van der Waals surface area contributed by atoms with E-state index in [1.807, 2.05) is 30.0 Å². The van der Waals surface area contributed by atoms with E-state index in [4.69, 9.17) is 5.11 Å². The Kier molecular flexibility index (Phi) is 7.11. The molecule has 2 fully saturated rings. The Labute approximate surface area is 145 Å². The number of thioether (sulfide) groups is 1. The zero-order valence-electron chi connectivity index (χ0n) is 13.3. The van der Waals surface area contributed by atoms with Gasteiger partial charge >= 0.3 is 12.0 Å². The molecule has 3 N–H and O–H groups in total. The highest BCUT2D eigenvalue weighted by molar-refractivity contribution is 8.00. The minimum absolute atomic E-state index is 0.0640. The lowest BCUT2D eigenvalue weighted by Crippen LogP contribution is -2.36. The number of rotatable bonds is 6. The van der Waals surface area contributed by atoms with Crippen LogP contribution in [-0.4, -0.2) is 46.5 Å². The Morgan fingerprint density at radius 3 is 2.62 bits per heavy atom. The molecule has 0 spiro atoms. The molecule has 2 saturated heterocycles. The lowest BCUT2D eigenvalue weighted by molar-refractivity contribution is -0.137. The average molecular weight is 350 g/mol. The van der Waals surface area contributed by atoms with E-state index >= 15 is 0 Å². The summed E-state index contributed by atoms with van der Waals surface area (Å²) in [6, 6.07) is 9.54. The number of aldehydes is 1. The number of benzene rings is 1. The quantitative estimate of drug-likeness (QED) is 0.416. The summed E-state index contributed by atoms with van der Waals surface area (Å²) in [5.41, 5.74) is 0.729. The van der Waals surface area contributed by atoms with Crippen LogP contribution in [0.25, 0.3) is 0 Å². The summed E-state index contributed by atoms with van der Waals surface area (Å²) in [7, 11) is 0. The van der Waals surface area contributed by atoms with Gasteiger partial charge in [0.15, 0.2) is 0 Å². The molecule has 2 amide bonds. The number of nitrogens with one attached hydrogen (secondary N) is 2. The molecule has 0 bridgehead atoms. The molecule has 1 aromatic rings. The van der Waals surface area contributed by atoms with Gasteiger partial charge in [-0.15, -0.1) is 0 Å². The maximum Gasteiger partial charge on any atom is 0.315 e. The van der Waals surface area contributed by atoms with Crippen molar-refractivity contribution in [1.29, 1.82) is 0 Å². The first-order valence-electron chi connectivity index (χ1n) is 8.01. The summed E-state index contributed by atoms with van der Waals surface area (Å²) in [4.78, 5) is 31.5. The first-order valence-corrected chi connectivity index (χ1v) is 9.05. The molecule has 3 atom stereocenters. The van der Waals surface area contributed by atoms with Crippen LogP contribution in [0.3, 0.4) is 0 Å². The highest BCUT2D eigenvalue weighted by Crippen LogP contribution is 2.33. The van der Waals surface area contributed by atoms with Gasteiger partial charge < -0.3 is 15.7 Å². The topological polar surface area (TPSA) is 95.5 Å². The molecule has 0 radical (unpaired) electrons. The molecule has 7 heteroatoms. The Morgan fingerprint density at radius 2 is 2.00 bits per heavy atom. The number of hydrogen-bond acceptors (Lipinski definition) is 4. The molecule has 2 aliphatic rings. The third kappa shape index (κ3) is 5.56. The summed E-state index contributed by atoms with van der Waals surface area (Å²) in [5, 5.41) is 14.8. The van der Waals surface area contributed by atoms with Crippen LogP contribution in [0.1, 0.15) is 36.0 Å². The molecule has 2 heterocycles. The predicted molar refractivity (Wildman–Crippen MR) is 93.4 cm³/mol. The highest BCUT2D eigenvalue weighted by atomic mass is 32.2. The second kappa shape index (κ2) is 9.32. The lowest BCUT2D eigenvalue weighted by atomic mass is 10.0. The number of fused-ring (bicyclic) bond motifs is 1. The zero-order chi connectivity index (χ0) is 17.4. The second-order valence-corrected chi connectivity index (χ2v) is 7.06. The number of amides is 2. The Balaban J connectivity index is 0.000000219. The summed E-state index contributed by atoms with van der Waals surface area (Å²) >= 11 is 1.87. The van der Waals surface area contributed by atoms with E-state index in [0.717, 1.165) is 36.9 Å². The molecular formula is C17H22N2O4S. The fraction of sp³-hybridized carbons (Fsp3) is 0.471. The fourth-order valence-corrected chi connectivity index (χ4v) is 4.34. The number of unbranched alkanes of at least 4 members (excludes halogenated alkanes) is 1. The number of hydrogen-bond donors (Lipinski definition) is 3. The van der Waals surface area contributed by atoms with E-state index in [1.54, 1.807) is 12.1 Å². The van der Waals surface area contributed by atoms with Crippen molar-refractivity contribution in [1.82, 2.24) is 10.6 Å². The Morgan fingerprint density at radius 1 is 1.25 bits per heavy atom. The van der Waals surface area contributed by atoms with E-state index in [9.17, 15) is 14.4 Å². The first kappa shape index (κ1) is 18.3. The molecule has 0 aliphatic carbocycles. The highest BCUT2D eigenvalue weighted by Gasteiger charge is 2.42. The predicted octanol–water partition coefficient (Wildman–Crippen LogP) is 2.30. The van der Waals surface area contributed by atoms with E-state index in [1.165, 1.54) is 0 Å².